The Morgan fingerprint density at radius 1 is 1.29 bits per heavy atom. The number of benzene rings is 2. The summed E-state index contributed by atoms with van der Waals surface area (Å²) in [7, 11) is 0. The lowest BCUT2D eigenvalue weighted by molar-refractivity contribution is -0.387. The zero-order chi connectivity index (χ0) is 15.4. The van der Waals surface area contributed by atoms with Gasteiger partial charge in [0, 0.05) is 16.4 Å². The lowest BCUT2D eigenvalue weighted by Gasteiger charge is -2.08. The summed E-state index contributed by atoms with van der Waals surface area (Å²) in [4.78, 5) is 9.77. The molecular weight excluding hydrogens is 365 g/mol. The van der Waals surface area contributed by atoms with Crippen LogP contribution in [0.4, 0.5) is 10.1 Å². The zero-order valence-electron chi connectivity index (χ0n) is 10.7. The van der Waals surface area contributed by atoms with E-state index in [2.05, 4.69) is 15.9 Å². The minimum atomic E-state index is -0.877. The van der Waals surface area contributed by atoms with Crippen LogP contribution in [0.5, 0.6) is 5.75 Å². The predicted octanol–water partition coefficient (Wildman–Crippen LogP) is 4.81. The van der Waals surface area contributed by atoms with E-state index in [1.165, 1.54) is 6.07 Å². The summed E-state index contributed by atoms with van der Waals surface area (Å²) in [5, 5.41) is 10.5. The fourth-order valence-corrected chi connectivity index (χ4v) is 2.47. The second-order valence-corrected chi connectivity index (χ2v) is 5.34. The maximum absolute atomic E-state index is 13.5. The molecule has 0 N–H and O–H groups in total. The topological polar surface area (TPSA) is 52.4 Å². The summed E-state index contributed by atoms with van der Waals surface area (Å²) in [6.07, 6.45) is 0. The van der Waals surface area contributed by atoms with Gasteiger partial charge < -0.3 is 4.74 Å². The highest BCUT2D eigenvalue weighted by Crippen LogP contribution is 2.25. The first-order valence-corrected chi connectivity index (χ1v) is 7.24. The highest BCUT2D eigenvalue weighted by molar-refractivity contribution is 9.10. The van der Waals surface area contributed by atoms with E-state index in [1.54, 1.807) is 12.1 Å². The molecule has 0 amide bonds. The number of nitro groups is 1. The smallest absolute Gasteiger partial charge is 0.304 e. The van der Waals surface area contributed by atoms with Crippen molar-refractivity contribution in [2.45, 2.75) is 12.5 Å². The third kappa shape index (κ3) is 3.92. The number of hydrogen-bond acceptors (Lipinski definition) is 3. The first kappa shape index (κ1) is 15.7. The van der Waals surface area contributed by atoms with E-state index in [9.17, 15) is 14.5 Å². The molecule has 0 fully saturated rings. The molecule has 110 valence electrons. The summed E-state index contributed by atoms with van der Waals surface area (Å²) in [6, 6.07) is 9.02. The van der Waals surface area contributed by atoms with E-state index in [1.807, 2.05) is 6.07 Å². The number of hydrogen-bond donors (Lipinski definition) is 0. The van der Waals surface area contributed by atoms with E-state index in [4.69, 9.17) is 16.3 Å². The van der Waals surface area contributed by atoms with Gasteiger partial charge in [-0.1, -0.05) is 15.9 Å². The summed E-state index contributed by atoms with van der Waals surface area (Å²) < 4.78 is 19.9. The maximum Gasteiger partial charge on any atom is 0.304 e. The third-order valence-corrected chi connectivity index (χ3v) is 3.84. The van der Waals surface area contributed by atoms with Gasteiger partial charge in [0.05, 0.1) is 4.92 Å². The molecule has 0 aliphatic carbocycles. The van der Waals surface area contributed by atoms with Crippen LogP contribution < -0.4 is 4.74 Å². The van der Waals surface area contributed by atoms with E-state index >= 15 is 0 Å². The normalized spacial score (nSPS) is 10.4. The molecule has 0 aromatic heterocycles. The summed E-state index contributed by atoms with van der Waals surface area (Å²) >= 11 is 9.15. The molecule has 2 aromatic rings. The van der Waals surface area contributed by atoms with Crippen LogP contribution in [0.15, 0.2) is 40.9 Å². The zero-order valence-corrected chi connectivity index (χ0v) is 13.0. The van der Waals surface area contributed by atoms with Gasteiger partial charge in [-0.25, -0.2) is 0 Å². The number of ether oxygens (including phenoxy) is 1. The molecule has 0 aliphatic heterocycles. The van der Waals surface area contributed by atoms with Gasteiger partial charge in [0.1, 0.15) is 12.4 Å². The average molecular weight is 375 g/mol. The van der Waals surface area contributed by atoms with Gasteiger partial charge >= 0.3 is 5.69 Å². The van der Waals surface area contributed by atoms with Crippen molar-refractivity contribution in [1.82, 2.24) is 0 Å². The van der Waals surface area contributed by atoms with E-state index in [0.717, 1.165) is 22.2 Å². The Hall–Kier alpha value is -1.66. The fourth-order valence-electron chi connectivity index (χ4n) is 1.70. The van der Waals surface area contributed by atoms with Gasteiger partial charge in [-0.05, 0) is 41.5 Å². The maximum atomic E-state index is 13.5. The first-order valence-electron chi connectivity index (χ1n) is 5.91. The molecule has 0 radical (unpaired) electrons. The molecule has 0 heterocycles. The Labute approximate surface area is 133 Å². The highest BCUT2D eigenvalue weighted by atomic mass is 79.9. The molecule has 0 bridgehead atoms. The second kappa shape index (κ2) is 6.87. The van der Waals surface area contributed by atoms with Gasteiger partial charge in [-0.15, -0.1) is 11.6 Å². The molecule has 0 aliphatic rings. The second-order valence-electron chi connectivity index (χ2n) is 4.22. The van der Waals surface area contributed by atoms with Crippen molar-refractivity contribution >= 4 is 33.2 Å². The van der Waals surface area contributed by atoms with Crippen LogP contribution in [0.2, 0.25) is 0 Å². The first-order chi connectivity index (χ1) is 10.0. The minimum Gasteiger partial charge on any atom is -0.489 e. The SMILES string of the molecule is O=[N+]([O-])c1ccc(COc2ccc(Br)c(CCl)c2)cc1F. The average Bonchev–Trinajstić information content (AvgIpc) is 2.46. The number of rotatable bonds is 5. The van der Waals surface area contributed by atoms with Crippen LogP contribution in [0, 0.1) is 15.9 Å². The molecule has 2 rings (SSSR count). The lowest BCUT2D eigenvalue weighted by atomic mass is 10.2. The highest BCUT2D eigenvalue weighted by Gasteiger charge is 2.13. The molecule has 7 heteroatoms. The molecule has 4 nitrogen and oxygen atoms in total. The van der Waals surface area contributed by atoms with Crippen molar-refractivity contribution < 1.29 is 14.1 Å². The Bertz CT molecular complexity index is 681. The van der Waals surface area contributed by atoms with Crippen LogP contribution in [-0.4, -0.2) is 4.92 Å². The van der Waals surface area contributed by atoms with Crippen molar-refractivity contribution in [3.63, 3.8) is 0 Å². The summed E-state index contributed by atoms with van der Waals surface area (Å²) in [6.45, 7) is 0.109. The number of halogens is 3. The van der Waals surface area contributed by atoms with E-state index in [0.29, 0.717) is 17.2 Å². The monoisotopic (exact) mass is 373 g/mol. The van der Waals surface area contributed by atoms with Crippen molar-refractivity contribution in [3.8, 4) is 5.75 Å². The largest absolute Gasteiger partial charge is 0.489 e. The fraction of sp³-hybridized carbons (Fsp3) is 0.143. The molecule has 0 saturated heterocycles. The van der Waals surface area contributed by atoms with Gasteiger partial charge in [0.25, 0.3) is 0 Å². The number of nitro benzene ring substituents is 1. The van der Waals surface area contributed by atoms with Crippen molar-refractivity contribution in [1.29, 1.82) is 0 Å². The molecule has 0 atom stereocenters. The van der Waals surface area contributed by atoms with Crippen LogP contribution in [-0.2, 0) is 12.5 Å². The lowest BCUT2D eigenvalue weighted by Crippen LogP contribution is -1.99. The van der Waals surface area contributed by atoms with Gasteiger partial charge in [0.15, 0.2) is 0 Å². The standard InChI is InChI=1S/C14H10BrClFNO3/c15-12-3-2-11(6-10(12)7-16)21-8-9-1-4-14(18(19)20)13(17)5-9/h1-6H,7-8H2. The Morgan fingerprint density at radius 3 is 2.67 bits per heavy atom. The van der Waals surface area contributed by atoms with Crippen LogP contribution >= 0.6 is 27.5 Å². The predicted molar refractivity (Wildman–Crippen MR) is 81.1 cm³/mol. The van der Waals surface area contributed by atoms with Gasteiger partial charge in [0.2, 0.25) is 5.82 Å². The van der Waals surface area contributed by atoms with Crippen molar-refractivity contribution in [2.75, 3.05) is 0 Å². The Balaban J connectivity index is 2.09. The molecule has 2 aromatic carbocycles. The van der Waals surface area contributed by atoms with E-state index < -0.39 is 16.4 Å². The summed E-state index contributed by atoms with van der Waals surface area (Å²) in [5.41, 5.74) is 0.837. The number of nitrogens with zero attached hydrogens (tertiary/aromatic N) is 1. The quantitative estimate of drug-likeness (QED) is 0.428. The molecule has 0 spiro atoms. The van der Waals surface area contributed by atoms with Crippen LogP contribution in [0.3, 0.4) is 0 Å². The molecule has 0 saturated carbocycles. The third-order valence-electron chi connectivity index (χ3n) is 2.78. The van der Waals surface area contributed by atoms with Crippen LogP contribution in [0.1, 0.15) is 11.1 Å². The van der Waals surface area contributed by atoms with E-state index in [-0.39, 0.29) is 6.61 Å². The Morgan fingerprint density at radius 2 is 2.05 bits per heavy atom. The summed E-state index contributed by atoms with van der Waals surface area (Å²) in [5.74, 6) is 0.0511. The van der Waals surface area contributed by atoms with Crippen LogP contribution in [0.25, 0.3) is 0 Å². The molecular formula is C14H10BrClFNO3. The molecule has 0 unspecified atom stereocenters. The van der Waals surface area contributed by atoms with Gasteiger partial charge in [-0.3, -0.25) is 10.1 Å². The van der Waals surface area contributed by atoms with Crippen molar-refractivity contribution in [2.24, 2.45) is 0 Å². The van der Waals surface area contributed by atoms with Crippen molar-refractivity contribution in [3.05, 3.63) is 67.9 Å². The minimum absolute atomic E-state index is 0.109. The van der Waals surface area contributed by atoms with Gasteiger partial charge in [-0.2, -0.15) is 4.39 Å². The molecule has 21 heavy (non-hydrogen) atoms. The Kier molecular flexibility index (Phi) is 5.14. The number of alkyl halides is 1.